The molecule has 1 nitrogen and oxygen atoms in total. The smallest absolute Gasteiger partial charge is 0.194 e. The molecule has 126 valence electrons. The lowest BCUT2D eigenvalue weighted by Crippen LogP contribution is -2.05. The number of hydrogen-bond acceptors (Lipinski definition) is 1. The molecule has 0 spiro atoms. The van der Waals surface area contributed by atoms with Crippen molar-refractivity contribution in [2.45, 2.75) is 0 Å². The minimum Gasteiger partial charge on any atom is -0.289 e. The van der Waals surface area contributed by atoms with Crippen LogP contribution in [0.4, 0.5) is 4.39 Å². The number of rotatable bonds is 3. The number of benzene rings is 4. The Hall–Kier alpha value is -2.97. The second-order valence-electron chi connectivity index (χ2n) is 6.06. The first kappa shape index (κ1) is 16.5. The third kappa shape index (κ3) is 3.00. The van der Waals surface area contributed by atoms with E-state index in [1.165, 1.54) is 12.1 Å². The molecule has 4 aromatic rings. The summed E-state index contributed by atoms with van der Waals surface area (Å²) in [6.45, 7) is 0. The molecule has 4 aromatic carbocycles. The molecule has 0 heterocycles. The Morgan fingerprint density at radius 3 is 2.27 bits per heavy atom. The van der Waals surface area contributed by atoms with Gasteiger partial charge in [-0.1, -0.05) is 72.3 Å². The highest BCUT2D eigenvalue weighted by Crippen LogP contribution is 2.33. The van der Waals surface area contributed by atoms with Crippen molar-refractivity contribution in [2.75, 3.05) is 0 Å². The predicted octanol–water partition coefficient (Wildman–Crippen LogP) is 6.53. The van der Waals surface area contributed by atoms with Gasteiger partial charge < -0.3 is 0 Å². The lowest BCUT2D eigenvalue weighted by molar-refractivity contribution is 0.104. The van der Waals surface area contributed by atoms with Crippen LogP contribution in [-0.2, 0) is 0 Å². The Balaban J connectivity index is 2.01. The zero-order chi connectivity index (χ0) is 18.1. The maximum absolute atomic E-state index is 13.7. The summed E-state index contributed by atoms with van der Waals surface area (Å²) >= 11 is 6.00. The molecule has 3 heteroatoms. The molecule has 0 aromatic heterocycles. The van der Waals surface area contributed by atoms with Crippen LogP contribution in [0, 0.1) is 5.82 Å². The number of carbonyl (C=O) groups excluding carboxylic acids is 1. The number of hydrogen-bond donors (Lipinski definition) is 0. The lowest BCUT2D eigenvalue weighted by Gasteiger charge is -2.13. The largest absolute Gasteiger partial charge is 0.289 e. The quantitative estimate of drug-likeness (QED) is 0.379. The summed E-state index contributed by atoms with van der Waals surface area (Å²) in [5.74, 6) is -0.414. The van der Waals surface area contributed by atoms with Crippen molar-refractivity contribution in [2.24, 2.45) is 0 Å². The summed E-state index contributed by atoms with van der Waals surface area (Å²) < 4.78 is 13.7. The second kappa shape index (κ2) is 6.74. The molecule has 0 saturated heterocycles. The molecule has 0 N–H and O–H groups in total. The van der Waals surface area contributed by atoms with E-state index in [2.05, 4.69) is 0 Å². The molecule has 4 rings (SSSR count). The first-order valence-corrected chi connectivity index (χ1v) is 8.59. The van der Waals surface area contributed by atoms with Crippen LogP contribution in [0.5, 0.6) is 0 Å². The third-order valence-electron chi connectivity index (χ3n) is 4.40. The molecule has 0 unspecified atom stereocenters. The van der Waals surface area contributed by atoms with Crippen molar-refractivity contribution >= 4 is 28.2 Å². The van der Waals surface area contributed by atoms with Gasteiger partial charge in [0, 0.05) is 16.1 Å². The Morgan fingerprint density at radius 2 is 1.54 bits per heavy atom. The fourth-order valence-corrected chi connectivity index (χ4v) is 3.28. The molecule has 0 radical (unpaired) electrons. The van der Waals surface area contributed by atoms with Gasteiger partial charge in [0.15, 0.2) is 5.78 Å². The zero-order valence-electron chi connectivity index (χ0n) is 13.7. The van der Waals surface area contributed by atoms with E-state index >= 15 is 0 Å². The zero-order valence-corrected chi connectivity index (χ0v) is 14.5. The van der Waals surface area contributed by atoms with Crippen LogP contribution in [-0.4, -0.2) is 5.78 Å². The van der Waals surface area contributed by atoms with Crippen LogP contribution >= 0.6 is 11.6 Å². The summed E-state index contributed by atoms with van der Waals surface area (Å²) in [5.41, 5.74) is 2.85. The topological polar surface area (TPSA) is 17.1 Å². The summed E-state index contributed by atoms with van der Waals surface area (Å²) in [6.07, 6.45) is 0. The van der Waals surface area contributed by atoms with E-state index in [-0.39, 0.29) is 11.6 Å². The van der Waals surface area contributed by atoms with E-state index < -0.39 is 0 Å². The van der Waals surface area contributed by atoms with Crippen LogP contribution < -0.4 is 0 Å². The van der Waals surface area contributed by atoms with Crippen LogP contribution in [0.2, 0.25) is 5.02 Å². The summed E-state index contributed by atoms with van der Waals surface area (Å²) in [6, 6.07) is 24.7. The molecule has 0 aliphatic rings. The highest BCUT2D eigenvalue weighted by molar-refractivity contribution is 6.30. The minimum atomic E-state index is -0.324. The number of halogens is 2. The second-order valence-corrected chi connectivity index (χ2v) is 6.49. The summed E-state index contributed by atoms with van der Waals surface area (Å²) in [5, 5.41) is 2.06. The Labute approximate surface area is 155 Å². The summed E-state index contributed by atoms with van der Waals surface area (Å²) in [7, 11) is 0. The van der Waals surface area contributed by atoms with E-state index in [1.54, 1.807) is 30.3 Å². The third-order valence-corrected chi connectivity index (χ3v) is 4.65. The van der Waals surface area contributed by atoms with Gasteiger partial charge in [-0.3, -0.25) is 4.79 Å². The maximum atomic E-state index is 13.7. The van der Waals surface area contributed by atoms with E-state index in [1.807, 2.05) is 42.5 Å². The Morgan fingerprint density at radius 1 is 0.808 bits per heavy atom. The van der Waals surface area contributed by atoms with Gasteiger partial charge >= 0.3 is 0 Å². The van der Waals surface area contributed by atoms with Gasteiger partial charge in [-0.2, -0.15) is 0 Å². The fourth-order valence-electron chi connectivity index (χ4n) is 3.15. The standard InChI is InChI=1S/C23H14ClFO/c24-18-9-6-15(7-10-18)20-12-8-17-14-19(25)11-13-21(17)22(20)23(26)16-4-2-1-3-5-16/h1-14H. The minimum absolute atomic E-state index is 0.0900. The van der Waals surface area contributed by atoms with Crippen LogP contribution in [0.25, 0.3) is 21.9 Å². The Bertz CT molecular complexity index is 1100. The molecule has 0 amide bonds. The fraction of sp³-hybridized carbons (Fsp3) is 0. The molecule has 0 bridgehead atoms. The number of ketones is 1. The van der Waals surface area contributed by atoms with E-state index in [0.29, 0.717) is 21.5 Å². The molecule has 0 saturated carbocycles. The molecular formula is C23H14ClFO. The normalized spacial score (nSPS) is 10.8. The van der Waals surface area contributed by atoms with Crippen molar-refractivity contribution in [1.29, 1.82) is 0 Å². The molecular weight excluding hydrogens is 347 g/mol. The van der Waals surface area contributed by atoms with E-state index in [4.69, 9.17) is 11.6 Å². The van der Waals surface area contributed by atoms with Crippen molar-refractivity contribution < 1.29 is 9.18 Å². The van der Waals surface area contributed by atoms with Crippen molar-refractivity contribution in [1.82, 2.24) is 0 Å². The molecule has 0 aliphatic heterocycles. The highest BCUT2D eigenvalue weighted by Gasteiger charge is 2.18. The number of carbonyl (C=O) groups is 1. The highest BCUT2D eigenvalue weighted by atomic mass is 35.5. The van der Waals surface area contributed by atoms with Crippen LogP contribution in [0.1, 0.15) is 15.9 Å². The average molecular weight is 361 g/mol. The van der Waals surface area contributed by atoms with Gasteiger partial charge in [-0.15, -0.1) is 0 Å². The van der Waals surface area contributed by atoms with Gasteiger partial charge in [-0.05, 0) is 46.2 Å². The van der Waals surface area contributed by atoms with Crippen molar-refractivity contribution in [3.63, 3.8) is 0 Å². The predicted molar refractivity (Wildman–Crippen MR) is 104 cm³/mol. The van der Waals surface area contributed by atoms with E-state index in [9.17, 15) is 9.18 Å². The van der Waals surface area contributed by atoms with Gasteiger partial charge in [0.2, 0.25) is 0 Å². The van der Waals surface area contributed by atoms with Crippen LogP contribution in [0.3, 0.4) is 0 Å². The molecule has 26 heavy (non-hydrogen) atoms. The maximum Gasteiger partial charge on any atom is 0.194 e. The molecule has 0 aliphatic carbocycles. The van der Waals surface area contributed by atoms with Gasteiger partial charge in [-0.25, -0.2) is 4.39 Å². The number of fused-ring (bicyclic) bond motifs is 1. The first-order chi connectivity index (χ1) is 12.6. The monoisotopic (exact) mass is 360 g/mol. The van der Waals surface area contributed by atoms with E-state index in [0.717, 1.165) is 16.5 Å². The van der Waals surface area contributed by atoms with Crippen molar-refractivity contribution in [3.05, 3.63) is 107 Å². The lowest BCUT2D eigenvalue weighted by atomic mass is 9.89. The van der Waals surface area contributed by atoms with Gasteiger partial charge in [0.1, 0.15) is 5.82 Å². The van der Waals surface area contributed by atoms with Gasteiger partial charge in [0.05, 0.1) is 0 Å². The molecule has 0 fully saturated rings. The average Bonchev–Trinajstić information content (AvgIpc) is 2.68. The summed E-state index contributed by atoms with van der Waals surface area (Å²) in [4.78, 5) is 13.3. The van der Waals surface area contributed by atoms with Crippen LogP contribution in [0.15, 0.2) is 84.9 Å². The SMILES string of the molecule is O=C(c1ccccc1)c1c(-c2ccc(Cl)cc2)ccc2cc(F)ccc12. The first-order valence-electron chi connectivity index (χ1n) is 8.21. The molecule has 0 atom stereocenters. The van der Waals surface area contributed by atoms with Gasteiger partial charge in [0.25, 0.3) is 0 Å². The Kier molecular flexibility index (Phi) is 4.27. The van der Waals surface area contributed by atoms with Crippen molar-refractivity contribution in [3.8, 4) is 11.1 Å².